The monoisotopic (exact) mass is 190 g/mol. The van der Waals surface area contributed by atoms with Gasteiger partial charge < -0.3 is 12.0 Å². The van der Waals surface area contributed by atoms with Gasteiger partial charge in [-0.2, -0.15) is 5.92 Å². The third-order valence-electron chi connectivity index (χ3n) is 0.523. The van der Waals surface area contributed by atoms with Crippen molar-refractivity contribution in [1.82, 2.24) is 0 Å². The molecule has 0 saturated heterocycles. The maximum Gasteiger partial charge on any atom is 0.300 e. The van der Waals surface area contributed by atoms with Crippen LogP contribution in [0.3, 0.4) is 0 Å². The van der Waals surface area contributed by atoms with Crippen molar-refractivity contribution in [3.63, 3.8) is 0 Å². The summed E-state index contributed by atoms with van der Waals surface area (Å²) in [6.07, 6.45) is 0.167. The van der Waals surface area contributed by atoms with Gasteiger partial charge in [-0.1, -0.05) is 6.92 Å². The van der Waals surface area contributed by atoms with Crippen LogP contribution in [0.5, 0.6) is 0 Å². The van der Waals surface area contributed by atoms with E-state index in [0.29, 0.717) is 0 Å². The normalized spacial score (nSPS) is 11.8. The van der Waals surface area contributed by atoms with Gasteiger partial charge in [-0.25, -0.2) is 0 Å². The number of carboxylic acid groups (broad SMARTS) is 1. The first-order valence-electron chi connectivity index (χ1n) is 2.18. The zero-order valence-electron chi connectivity index (χ0n) is 4.92. The second kappa shape index (κ2) is 5.71. The van der Waals surface area contributed by atoms with E-state index in [1.165, 1.54) is 0 Å². The van der Waals surface area contributed by atoms with Crippen molar-refractivity contribution in [2.75, 3.05) is 0 Å². The molecule has 3 heteroatoms. The average Bonchev–Trinajstić information content (AvgIpc) is 1.27. The first kappa shape index (κ1) is 11.4. The Bertz CT molecular complexity index is 70.8. The molecule has 0 bridgehead atoms. The Kier molecular flexibility index (Phi) is 8.12. The molecule has 45 valence electrons. The van der Waals surface area contributed by atoms with E-state index in [1.54, 1.807) is 6.92 Å². The second-order valence-electron chi connectivity index (χ2n) is 1.70. The van der Waals surface area contributed by atoms with Crippen LogP contribution in [-0.4, -0.2) is 11.1 Å². The van der Waals surface area contributed by atoms with E-state index in [9.17, 15) is 4.79 Å². The van der Waals surface area contributed by atoms with Gasteiger partial charge in [-0.05, 0) is 0 Å². The van der Waals surface area contributed by atoms with E-state index in [2.05, 4.69) is 6.92 Å². The molecule has 0 aromatic heterocycles. The fraction of sp³-hybridized carbons (Fsp3) is 0.600. The van der Waals surface area contributed by atoms with Crippen LogP contribution in [0.4, 0.5) is 0 Å². The smallest absolute Gasteiger partial charge is 0.300 e. The maximum atomic E-state index is 9.77. The van der Waals surface area contributed by atoms with Gasteiger partial charge in [0, 0.05) is 39.1 Å². The number of rotatable bonds is 2. The molecule has 1 unspecified atom stereocenters. The predicted octanol–water partition coefficient (Wildman–Crippen LogP) is 0.929. The molecule has 0 aromatic rings. The molecule has 8 heavy (non-hydrogen) atoms. The summed E-state index contributed by atoms with van der Waals surface area (Å²) in [5.41, 5.74) is 0. The summed E-state index contributed by atoms with van der Waals surface area (Å²) in [5, 5.41) is 8.04. The minimum Gasteiger partial charge on any atom is -0.481 e. The largest absolute Gasteiger partial charge is 0.481 e. The number of carboxylic acids is 1. The molecule has 0 saturated carbocycles. The minimum atomic E-state index is -0.775. The van der Waals surface area contributed by atoms with Gasteiger partial charge in [-0.3, -0.25) is 4.79 Å². The van der Waals surface area contributed by atoms with Crippen molar-refractivity contribution in [2.45, 2.75) is 13.3 Å². The Hall–Kier alpha value is 0.574. The van der Waals surface area contributed by atoms with Crippen LogP contribution in [0.15, 0.2) is 0 Å². The molecule has 0 aliphatic heterocycles. The summed E-state index contributed by atoms with van der Waals surface area (Å²) in [7, 11) is 0. The van der Waals surface area contributed by atoms with Crippen molar-refractivity contribution in [3.8, 4) is 0 Å². The molecule has 0 aromatic carbocycles. The van der Waals surface area contributed by atoms with Crippen LogP contribution < -0.4 is 0 Å². The second-order valence-corrected chi connectivity index (χ2v) is 1.70. The molecule has 1 N–H and O–H groups in total. The van der Waals surface area contributed by atoms with E-state index in [0.717, 1.165) is 0 Å². The molecule has 0 aliphatic carbocycles. The van der Waals surface area contributed by atoms with E-state index in [1.807, 2.05) is 0 Å². The number of hydrogen-bond donors (Lipinski definition) is 1. The molecular weight excluding hydrogens is 181 g/mol. The molecule has 0 fully saturated rings. The van der Waals surface area contributed by atoms with Gasteiger partial charge in [-0.15, -0.1) is 0 Å². The molecule has 1 radical (unpaired) electrons. The van der Waals surface area contributed by atoms with Gasteiger partial charge in [0.05, 0.1) is 0 Å². The fourth-order valence-electron chi connectivity index (χ4n) is 0.298. The zero-order chi connectivity index (χ0) is 5.86. The molecule has 0 heterocycles. The van der Waals surface area contributed by atoms with E-state index >= 15 is 0 Å². The van der Waals surface area contributed by atoms with Crippen LogP contribution >= 0.6 is 0 Å². The van der Waals surface area contributed by atoms with Gasteiger partial charge in [0.1, 0.15) is 0 Å². The number of hydrogen-bond acceptors (Lipinski definition) is 1. The van der Waals surface area contributed by atoms with Crippen LogP contribution in [0.25, 0.3) is 0 Å². The van der Waals surface area contributed by atoms with E-state index in [4.69, 9.17) is 5.11 Å². The van der Waals surface area contributed by atoms with Gasteiger partial charge >= 0.3 is 5.97 Å². The van der Waals surface area contributed by atoms with E-state index < -0.39 is 5.97 Å². The Morgan fingerprint density at radius 3 is 2.25 bits per heavy atom. The van der Waals surface area contributed by atoms with Crippen LogP contribution in [0.2, 0.25) is 0 Å². The quantitative estimate of drug-likeness (QED) is 0.657. The molecular formula is C5H9O2Y-. The summed E-state index contributed by atoms with van der Waals surface area (Å²) in [6.45, 7) is 5.27. The third kappa shape index (κ3) is 9.76. The minimum absolute atomic E-state index is 0. The molecule has 0 amide bonds. The summed E-state index contributed by atoms with van der Waals surface area (Å²) in [4.78, 5) is 9.77. The summed E-state index contributed by atoms with van der Waals surface area (Å²) in [5.74, 6) is -0.750. The Labute approximate surface area is 74.5 Å². The first-order chi connectivity index (χ1) is 3.13. The zero-order valence-corrected chi connectivity index (χ0v) is 7.76. The predicted molar refractivity (Wildman–Crippen MR) is 26.8 cm³/mol. The Morgan fingerprint density at radius 2 is 2.25 bits per heavy atom. The van der Waals surface area contributed by atoms with Gasteiger partial charge in [0.2, 0.25) is 0 Å². The van der Waals surface area contributed by atoms with Crippen molar-refractivity contribution in [1.29, 1.82) is 0 Å². The van der Waals surface area contributed by atoms with Crippen molar-refractivity contribution in [3.05, 3.63) is 6.92 Å². The molecule has 1 atom stereocenters. The van der Waals surface area contributed by atoms with Crippen molar-refractivity contribution < 1.29 is 42.6 Å². The van der Waals surface area contributed by atoms with Crippen molar-refractivity contribution in [2.24, 2.45) is 5.92 Å². The molecule has 0 rings (SSSR count). The first-order valence-corrected chi connectivity index (χ1v) is 2.18. The summed E-state index contributed by atoms with van der Waals surface area (Å²) < 4.78 is 0. The van der Waals surface area contributed by atoms with Gasteiger partial charge in [0.25, 0.3) is 0 Å². The van der Waals surface area contributed by atoms with Crippen LogP contribution in [0, 0.1) is 12.8 Å². The Morgan fingerprint density at radius 1 is 1.88 bits per heavy atom. The van der Waals surface area contributed by atoms with Crippen LogP contribution in [0.1, 0.15) is 13.3 Å². The van der Waals surface area contributed by atoms with Crippen LogP contribution in [-0.2, 0) is 37.5 Å². The van der Waals surface area contributed by atoms with Gasteiger partial charge in [0.15, 0.2) is 0 Å². The molecule has 0 aliphatic rings. The summed E-state index contributed by atoms with van der Waals surface area (Å²) >= 11 is 0. The standard InChI is InChI=1S/C5H9O2.Y/c1-4(2)3-5(6)7;/h4H,1,3H2,2H3,(H,6,7);/q-1;. The maximum absolute atomic E-state index is 9.77. The van der Waals surface area contributed by atoms with E-state index in [-0.39, 0.29) is 45.0 Å². The molecule has 2 nitrogen and oxygen atoms in total. The summed E-state index contributed by atoms with van der Waals surface area (Å²) in [6, 6.07) is 0. The number of aliphatic carboxylic acids is 1. The third-order valence-corrected chi connectivity index (χ3v) is 0.523. The Balaban J connectivity index is 0. The average molecular weight is 190 g/mol. The number of carbonyl (C=O) groups is 1. The topological polar surface area (TPSA) is 37.3 Å². The SMILES string of the molecule is [CH2-]C(C)CC(=O)O.[Y]. The fourth-order valence-corrected chi connectivity index (χ4v) is 0.298. The molecule has 0 spiro atoms. The van der Waals surface area contributed by atoms with Crippen molar-refractivity contribution >= 4 is 5.97 Å².